The third-order valence-electron chi connectivity index (χ3n) is 3.91. The van der Waals surface area contributed by atoms with Gasteiger partial charge < -0.3 is 15.1 Å². The Morgan fingerprint density at radius 3 is 2.56 bits per heavy atom. The number of aryl methyl sites for hydroxylation is 3. The topological polar surface area (TPSA) is 115 Å². The van der Waals surface area contributed by atoms with Gasteiger partial charge in [-0.3, -0.25) is 14.3 Å². The van der Waals surface area contributed by atoms with Crippen LogP contribution in [0.25, 0.3) is 11.6 Å². The Hall–Kier alpha value is -3.49. The van der Waals surface area contributed by atoms with Gasteiger partial charge in [0.2, 0.25) is 11.8 Å². The van der Waals surface area contributed by atoms with Gasteiger partial charge >= 0.3 is 0 Å². The molecule has 1 aromatic carbocycles. The number of rotatable bonds is 6. The van der Waals surface area contributed by atoms with Crippen LogP contribution in [0.1, 0.15) is 28.4 Å². The Morgan fingerprint density at radius 1 is 1.19 bits per heavy atom. The van der Waals surface area contributed by atoms with Crippen LogP contribution < -0.4 is 10.6 Å². The third kappa shape index (κ3) is 4.38. The van der Waals surface area contributed by atoms with Crippen LogP contribution in [0, 0.1) is 6.92 Å². The molecule has 9 heteroatoms. The van der Waals surface area contributed by atoms with E-state index in [1.54, 1.807) is 43.0 Å². The molecule has 3 aromatic rings. The van der Waals surface area contributed by atoms with Gasteiger partial charge in [-0.1, -0.05) is 0 Å². The number of nitrogens with one attached hydrogen (secondary N) is 2. The SMILES string of the molecule is CNC(=O)c1ccc(NC(=O)CCc2nnc(-c3cc(C)nn3C)o2)cc1. The zero-order valence-electron chi connectivity index (χ0n) is 15.3. The lowest BCUT2D eigenvalue weighted by molar-refractivity contribution is -0.116. The Bertz CT molecular complexity index is 958. The highest BCUT2D eigenvalue weighted by molar-refractivity contribution is 5.95. The largest absolute Gasteiger partial charge is 0.419 e. The van der Waals surface area contributed by atoms with E-state index in [0.29, 0.717) is 29.5 Å². The predicted octanol–water partition coefficient (Wildman–Crippen LogP) is 1.71. The van der Waals surface area contributed by atoms with E-state index in [0.717, 1.165) is 11.4 Å². The molecule has 140 valence electrons. The minimum Gasteiger partial charge on any atom is -0.419 e. The van der Waals surface area contributed by atoms with E-state index >= 15 is 0 Å². The van der Waals surface area contributed by atoms with Crippen molar-refractivity contribution in [3.05, 3.63) is 47.5 Å². The Balaban J connectivity index is 1.55. The van der Waals surface area contributed by atoms with Crippen LogP contribution >= 0.6 is 0 Å². The first-order chi connectivity index (χ1) is 13.0. The average molecular weight is 368 g/mol. The summed E-state index contributed by atoms with van der Waals surface area (Å²) in [5.74, 6) is 0.398. The zero-order valence-corrected chi connectivity index (χ0v) is 15.3. The number of benzene rings is 1. The first-order valence-corrected chi connectivity index (χ1v) is 8.41. The van der Waals surface area contributed by atoms with Gasteiger partial charge in [0.1, 0.15) is 5.69 Å². The number of hydrogen-bond donors (Lipinski definition) is 2. The number of hydrogen-bond acceptors (Lipinski definition) is 6. The molecular weight excluding hydrogens is 348 g/mol. The molecule has 0 aliphatic carbocycles. The highest BCUT2D eigenvalue weighted by Gasteiger charge is 2.14. The molecule has 2 N–H and O–H groups in total. The summed E-state index contributed by atoms with van der Waals surface area (Å²) in [5.41, 5.74) is 2.73. The van der Waals surface area contributed by atoms with Gasteiger partial charge in [0, 0.05) is 38.2 Å². The highest BCUT2D eigenvalue weighted by Crippen LogP contribution is 2.19. The lowest BCUT2D eigenvalue weighted by Gasteiger charge is -2.05. The molecule has 0 saturated heterocycles. The van der Waals surface area contributed by atoms with Crippen molar-refractivity contribution in [1.29, 1.82) is 0 Å². The van der Waals surface area contributed by atoms with Crippen molar-refractivity contribution in [2.75, 3.05) is 12.4 Å². The van der Waals surface area contributed by atoms with E-state index in [1.165, 1.54) is 0 Å². The summed E-state index contributed by atoms with van der Waals surface area (Å²) >= 11 is 0. The van der Waals surface area contributed by atoms with Crippen LogP contribution in [0.2, 0.25) is 0 Å². The second-order valence-electron chi connectivity index (χ2n) is 6.00. The molecule has 0 atom stereocenters. The first-order valence-electron chi connectivity index (χ1n) is 8.41. The van der Waals surface area contributed by atoms with Crippen molar-refractivity contribution >= 4 is 17.5 Å². The number of nitrogens with zero attached hydrogens (tertiary/aromatic N) is 4. The van der Waals surface area contributed by atoms with E-state index in [9.17, 15) is 9.59 Å². The Labute approximate surface area is 155 Å². The van der Waals surface area contributed by atoms with E-state index in [-0.39, 0.29) is 18.2 Å². The predicted molar refractivity (Wildman–Crippen MR) is 98.0 cm³/mol. The zero-order chi connectivity index (χ0) is 19.4. The highest BCUT2D eigenvalue weighted by atomic mass is 16.4. The monoisotopic (exact) mass is 368 g/mol. The second-order valence-corrected chi connectivity index (χ2v) is 6.00. The standard InChI is InChI=1S/C18H20N6O3/c1-11-10-14(24(3)23-11)18-22-21-16(27-18)9-8-15(25)20-13-6-4-12(5-7-13)17(26)19-2/h4-7,10H,8-9H2,1-3H3,(H,19,26)(H,20,25). The maximum Gasteiger partial charge on any atom is 0.265 e. The lowest BCUT2D eigenvalue weighted by atomic mass is 10.2. The van der Waals surface area contributed by atoms with Gasteiger partial charge in [0.05, 0.1) is 5.69 Å². The number of carbonyl (C=O) groups is 2. The van der Waals surface area contributed by atoms with E-state index < -0.39 is 0 Å². The molecule has 0 spiro atoms. The molecule has 0 saturated carbocycles. The molecule has 0 radical (unpaired) electrons. The summed E-state index contributed by atoms with van der Waals surface area (Å²) in [6, 6.07) is 8.51. The summed E-state index contributed by atoms with van der Waals surface area (Å²) in [5, 5.41) is 17.5. The second kappa shape index (κ2) is 7.81. The summed E-state index contributed by atoms with van der Waals surface area (Å²) in [4.78, 5) is 23.6. The van der Waals surface area contributed by atoms with Gasteiger partial charge in [-0.25, -0.2) is 0 Å². The van der Waals surface area contributed by atoms with Crippen molar-refractivity contribution in [3.63, 3.8) is 0 Å². The summed E-state index contributed by atoms with van der Waals surface area (Å²) in [7, 11) is 3.37. The molecule has 2 amide bonds. The van der Waals surface area contributed by atoms with Crippen LogP contribution in [-0.2, 0) is 18.3 Å². The van der Waals surface area contributed by atoms with Crippen LogP contribution in [-0.4, -0.2) is 38.8 Å². The van der Waals surface area contributed by atoms with Crippen LogP contribution in [0.5, 0.6) is 0 Å². The van der Waals surface area contributed by atoms with Crippen molar-refractivity contribution in [2.24, 2.45) is 7.05 Å². The summed E-state index contributed by atoms with van der Waals surface area (Å²) in [6.07, 6.45) is 0.523. The van der Waals surface area contributed by atoms with E-state index in [1.807, 2.05) is 13.0 Å². The molecular formula is C18H20N6O3. The Morgan fingerprint density at radius 2 is 1.93 bits per heavy atom. The minimum atomic E-state index is -0.182. The molecule has 2 aromatic heterocycles. The smallest absolute Gasteiger partial charge is 0.265 e. The van der Waals surface area contributed by atoms with Crippen LogP contribution in [0.15, 0.2) is 34.7 Å². The van der Waals surface area contributed by atoms with Crippen molar-refractivity contribution in [1.82, 2.24) is 25.3 Å². The summed E-state index contributed by atoms with van der Waals surface area (Å²) in [6.45, 7) is 1.88. The maximum absolute atomic E-state index is 12.1. The fraction of sp³-hybridized carbons (Fsp3) is 0.278. The van der Waals surface area contributed by atoms with Crippen molar-refractivity contribution < 1.29 is 14.0 Å². The quantitative estimate of drug-likeness (QED) is 0.684. The lowest BCUT2D eigenvalue weighted by Crippen LogP contribution is -2.18. The van der Waals surface area contributed by atoms with Gasteiger partial charge in [0.25, 0.3) is 11.8 Å². The van der Waals surface area contributed by atoms with Crippen LogP contribution in [0.3, 0.4) is 0 Å². The van der Waals surface area contributed by atoms with Crippen molar-refractivity contribution in [3.8, 4) is 11.6 Å². The minimum absolute atomic E-state index is 0.177. The van der Waals surface area contributed by atoms with Gasteiger partial charge in [-0.05, 0) is 37.3 Å². The normalized spacial score (nSPS) is 10.6. The molecule has 3 rings (SSSR count). The van der Waals surface area contributed by atoms with Gasteiger partial charge in [-0.2, -0.15) is 5.10 Å². The fourth-order valence-electron chi connectivity index (χ4n) is 2.56. The fourth-order valence-corrected chi connectivity index (χ4v) is 2.56. The van der Waals surface area contributed by atoms with Crippen LogP contribution in [0.4, 0.5) is 5.69 Å². The number of carbonyl (C=O) groups excluding carboxylic acids is 2. The number of amides is 2. The molecule has 0 bridgehead atoms. The molecule has 0 fully saturated rings. The average Bonchev–Trinajstić information content (AvgIpc) is 3.25. The molecule has 9 nitrogen and oxygen atoms in total. The molecule has 0 aliphatic rings. The van der Waals surface area contributed by atoms with Gasteiger partial charge in [-0.15, -0.1) is 10.2 Å². The Kier molecular flexibility index (Phi) is 5.30. The van der Waals surface area contributed by atoms with Crippen molar-refractivity contribution in [2.45, 2.75) is 19.8 Å². The third-order valence-corrected chi connectivity index (χ3v) is 3.91. The van der Waals surface area contributed by atoms with E-state index in [4.69, 9.17) is 4.42 Å². The molecule has 2 heterocycles. The first kappa shape index (κ1) is 18.3. The van der Waals surface area contributed by atoms with Gasteiger partial charge in [0.15, 0.2) is 0 Å². The molecule has 0 unspecified atom stereocenters. The molecule has 0 aliphatic heterocycles. The summed E-state index contributed by atoms with van der Waals surface area (Å²) < 4.78 is 7.28. The maximum atomic E-state index is 12.1. The van der Waals surface area contributed by atoms with E-state index in [2.05, 4.69) is 25.9 Å². The number of anilines is 1. The number of aromatic nitrogens is 4. The molecule has 27 heavy (non-hydrogen) atoms.